The van der Waals surface area contributed by atoms with Crippen LogP contribution in [0.4, 0.5) is 23.2 Å². The fourth-order valence-electron chi connectivity index (χ4n) is 4.58. The van der Waals surface area contributed by atoms with Crippen molar-refractivity contribution in [3.8, 4) is 11.5 Å². The van der Waals surface area contributed by atoms with E-state index in [2.05, 4.69) is 15.5 Å². The molecule has 1 spiro atoms. The number of carbonyl (C=O) groups excluding carboxylic acids is 2. The molecule has 2 aliphatic heterocycles. The first-order chi connectivity index (χ1) is 18.9. The van der Waals surface area contributed by atoms with Gasteiger partial charge in [0.1, 0.15) is 22.9 Å². The third-order valence-electron chi connectivity index (χ3n) is 6.71. The number of carboxylic acid groups (broad SMARTS) is 1. The van der Waals surface area contributed by atoms with Crippen molar-refractivity contribution in [1.82, 2.24) is 15.5 Å². The topological polar surface area (TPSA) is 120 Å². The number of piperidine rings is 1. The average molecular weight is 571 g/mol. The Kier molecular flexibility index (Phi) is 9.79. The van der Waals surface area contributed by atoms with Gasteiger partial charge in [0, 0.05) is 43.5 Å². The smallest absolute Gasteiger partial charge is 0.490 e. The van der Waals surface area contributed by atoms with Crippen molar-refractivity contribution in [2.24, 2.45) is 0 Å². The summed E-state index contributed by atoms with van der Waals surface area (Å²) in [5.74, 6) is -2.17. The number of alkyl halides is 3. The van der Waals surface area contributed by atoms with Crippen LogP contribution in [-0.2, 0) is 9.59 Å². The molecule has 0 saturated carbocycles. The van der Waals surface area contributed by atoms with Gasteiger partial charge in [-0.3, -0.25) is 9.59 Å². The molecule has 2 aromatic rings. The van der Waals surface area contributed by atoms with Crippen molar-refractivity contribution < 1.29 is 46.5 Å². The molecule has 0 aromatic heterocycles. The number of nitrogens with zero attached hydrogens (tertiary/aromatic N) is 2. The summed E-state index contributed by atoms with van der Waals surface area (Å²) in [7, 11) is 3.08. The number of anilines is 1. The molecule has 0 radical (unpaired) electrons. The molecular weight excluding hydrogens is 540 g/mol. The standard InChI is InChI=1S/C24H29FN4O4.C2HF3O2/c1-32-20-12-17(13-21(15-20)33-2)22(30)26-8-11-28-9-6-24(7-10-28)23(31)27-16-29(24)19-5-3-4-18(25)14-19;3-2(4,5)1(6)7/h3-5,12-15H,6-11,16H2,1-2H3,(H,26,30)(H,27,31);(H,6,7). The lowest BCUT2D eigenvalue weighted by atomic mass is 9.85. The Labute approximate surface area is 227 Å². The molecule has 2 amide bonds. The molecule has 4 rings (SSSR count). The molecular formula is C26H30F4N4O6. The van der Waals surface area contributed by atoms with E-state index >= 15 is 0 Å². The number of aliphatic carboxylic acids is 1. The average Bonchev–Trinajstić information content (AvgIpc) is 3.24. The highest BCUT2D eigenvalue weighted by molar-refractivity contribution is 5.95. The highest BCUT2D eigenvalue weighted by atomic mass is 19.4. The fraction of sp³-hybridized carbons (Fsp3) is 0.423. The minimum absolute atomic E-state index is 0.00770. The van der Waals surface area contributed by atoms with Gasteiger partial charge < -0.3 is 35.0 Å². The zero-order chi connectivity index (χ0) is 29.5. The Hall–Kier alpha value is -4.07. The van der Waals surface area contributed by atoms with Gasteiger partial charge in [0.2, 0.25) is 5.91 Å². The predicted octanol–water partition coefficient (Wildman–Crippen LogP) is 2.63. The largest absolute Gasteiger partial charge is 0.497 e. The number of carbonyl (C=O) groups is 3. The van der Waals surface area contributed by atoms with Crippen molar-refractivity contribution >= 4 is 23.5 Å². The maximum Gasteiger partial charge on any atom is 0.490 e. The van der Waals surface area contributed by atoms with Crippen LogP contribution in [0.15, 0.2) is 42.5 Å². The van der Waals surface area contributed by atoms with Crippen molar-refractivity contribution in [3.63, 3.8) is 0 Å². The van der Waals surface area contributed by atoms with E-state index in [0.717, 1.165) is 0 Å². The third kappa shape index (κ3) is 7.31. The van der Waals surface area contributed by atoms with Crippen LogP contribution in [0, 0.1) is 5.82 Å². The quantitative estimate of drug-likeness (QED) is 0.435. The number of likely N-dealkylation sites (tertiary alicyclic amines) is 1. The number of methoxy groups -OCH3 is 2. The maximum absolute atomic E-state index is 13.8. The second-order valence-corrected chi connectivity index (χ2v) is 9.11. The molecule has 0 unspecified atom stereocenters. The van der Waals surface area contributed by atoms with E-state index in [1.54, 1.807) is 38.5 Å². The summed E-state index contributed by atoms with van der Waals surface area (Å²) in [4.78, 5) is 38.4. The lowest BCUT2D eigenvalue weighted by molar-refractivity contribution is -0.192. The zero-order valence-corrected chi connectivity index (χ0v) is 21.9. The Morgan fingerprint density at radius 3 is 2.20 bits per heavy atom. The summed E-state index contributed by atoms with van der Waals surface area (Å²) in [6, 6.07) is 11.4. The molecule has 14 heteroatoms. The second kappa shape index (κ2) is 12.9. The maximum atomic E-state index is 13.8. The van der Waals surface area contributed by atoms with Crippen molar-refractivity contribution in [2.75, 3.05) is 52.0 Å². The number of halogens is 4. The zero-order valence-electron chi connectivity index (χ0n) is 21.9. The number of benzene rings is 2. The van der Waals surface area contributed by atoms with Crippen molar-refractivity contribution in [2.45, 2.75) is 24.6 Å². The first kappa shape index (κ1) is 30.5. The van der Waals surface area contributed by atoms with Crippen LogP contribution in [0.5, 0.6) is 11.5 Å². The van der Waals surface area contributed by atoms with Gasteiger partial charge in [-0.25, -0.2) is 9.18 Å². The summed E-state index contributed by atoms with van der Waals surface area (Å²) in [5, 5.41) is 13.0. The van der Waals surface area contributed by atoms with E-state index in [0.29, 0.717) is 68.4 Å². The van der Waals surface area contributed by atoms with Gasteiger partial charge in [-0.15, -0.1) is 0 Å². The fourth-order valence-corrected chi connectivity index (χ4v) is 4.58. The SMILES string of the molecule is COc1cc(OC)cc(C(=O)NCCN2CCC3(CC2)C(=O)NCN3c2cccc(F)c2)c1.O=C(O)C(F)(F)F. The number of amides is 2. The molecule has 40 heavy (non-hydrogen) atoms. The predicted molar refractivity (Wildman–Crippen MR) is 136 cm³/mol. The summed E-state index contributed by atoms with van der Waals surface area (Å²) < 4.78 is 55.9. The third-order valence-corrected chi connectivity index (χ3v) is 6.71. The minimum atomic E-state index is -5.08. The molecule has 218 valence electrons. The molecule has 0 bridgehead atoms. The highest BCUT2D eigenvalue weighted by Gasteiger charge is 2.50. The van der Waals surface area contributed by atoms with Gasteiger partial charge >= 0.3 is 12.1 Å². The van der Waals surface area contributed by atoms with Crippen LogP contribution in [0.1, 0.15) is 23.2 Å². The lowest BCUT2D eigenvalue weighted by Crippen LogP contribution is -2.57. The number of hydrogen-bond donors (Lipinski definition) is 3. The van der Waals surface area contributed by atoms with Crippen LogP contribution in [-0.4, -0.2) is 86.6 Å². The van der Waals surface area contributed by atoms with Crippen molar-refractivity contribution in [3.05, 3.63) is 53.8 Å². The van der Waals surface area contributed by atoms with E-state index < -0.39 is 17.7 Å². The first-order valence-corrected chi connectivity index (χ1v) is 12.2. The van der Waals surface area contributed by atoms with Gasteiger partial charge in [-0.05, 0) is 43.2 Å². The Bertz CT molecular complexity index is 1200. The Morgan fingerprint density at radius 1 is 1.07 bits per heavy atom. The molecule has 3 N–H and O–H groups in total. The van der Waals surface area contributed by atoms with Gasteiger partial charge in [-0.2, -0.15) is 13.2 Å². The monoisotopic (exact) mass is 570 g/mol. The molecule has 2 aliphatic rings. The lowest BCUT2D eigenvalue weighted by Gasteiger charge is -2.43. The van der Waals surface area contributed by atoms with Crippen LogP contribution < -0.4 is 25.0 Å². The molecule has 10 nitrogen and oxygen atoms in total. The molecule has 2 aromatic carbocycles. The normalized spacial score (nSPS) is 16.6. The Balaban J connectivity index is 0.000000559. The molecule has 2 fully saturated rings. The molecule has 0 aliphatic carbocycles. The van der Waals surface area contributed by atoms with E-state index in [9.17, 15) is 27.2 Å². The van der Waals surface area contributed by atoms with Crippen LogP contribution in [0.3, 0.4) is 0 Å². The number of carboxylic acids is 1. The van der Waals surface area contributed by atoms with Gasteiger partial charge in [0.15, 0.2) is 0 Å². The van der Waals surface area contributed by atoms with E-state index in [-0.39, 0.29) is 17.6 Å². The van der Waals surface area contributed by atoms with Gasteiger partial charge in [-0.1, -0.05) is 6.07 Å². The molecule has 0 atom stereocenters. The molecule has 2 saturated heterocycles. The van der Waals surface area contributed by atoms with Crippen LogP contribution in [0.25, 0.3) is 0 Å². The van der Waals surface area contributed by atoms with E-state index in [1.807, 2.05) is 11.0 Å². The summed E-state index contributed by atoms with van der Waals surface area (Å²) in [6.45, 7) is 2.95. The van der Waals surface area contributed by atoms with Crippen molar-refractivity contribution in [1.29, 1.82) is 0 Å². The first-order valence-electron chi connectivity index (χ1n) is 12.2. The highest BCUT2D eigenvalue weighted by Crippen LogP contribution is 2.36. The van der Waals surface area contributed by atoms with E-state index in [1.165, 1.54) is 12.1 Å². The minimum Gasteiger partial charge on any atom is -0.497 e. The number of ether oxygens (including phenoxy) is 2. The summed E-state index contributed by atoms with van der Waals surface area (Å²) in [5.41, 5.74) is 0.518. The van der Waals surface area contributed by atoms with E-state index in [4.69, 9.17) is 19.4 Å². The summed E-state index contributed by atoms with van der Waals surface area (Å²) >= 11 is 0. The van der Waals surface area contributed by atoms with Gasteiger partial charge in [0.05, 0.1) is 20.9 Å². The number of nitrogens with one attached hydrogen (secondary N) is 2. The summed E-state index contributed by atoms with van der Waals surface area (Å²) in [6.07, 6.45) is -3.81. The number of rotatable bonds is 7. The van der Waals surface area contributed by atoms with Crippen LogP contribution >= 0.6 is 0 Å². The molecule has 2 heterocycles. The van der Waals surface area contributed by atoms with Gasteiger partial charge in [0.25, 0.3) is 5.91 Å². The van der Waals surface area contributed by atoms with Crippen LogP contribution in [0.2, 0.25) is 0 Å². The Morgan fingerprint density at radius 2 is 1.68 bits per heavy atom. The number of hydrogen-bond acceptors (Lipinski definition) is 7. The second-order valence-electron chi connectivity index (χ2n) is 9.11.